The van der Waals surface area contributed by atoms with Crippen molar-refractivity contribution in [2.24, 2.45) is 0 Å². The van der Waals surface area contributed by atoms with Gasteiger partial charge in [0.2, 0.25) is 5.91 Å². The molecular formula is C14H19FN2O. The van der Waals surface area contributed by atoms with Crippen molar-refractivity contribution in [2.75, 3.05) is 18.0 Å². The maximum absolute atomic E-state index is 13.7. The quantitative estimate of drug-likeness (QED) is 0.893. The smallest absolute Gasteiger partial charge is 0.244 e. The molecule has 3 nitrogen and oxygen atoms in total. The Morgan fingerprint density at radius 2 is 2.22 bits per heavy atom. The van der Waals surface area contributed by atoms with Crippen molar-refractivity contribution >= 4 is 11.6 Å². The number of halogens is 1. The SMILES string of the molecule is CCN(C(=O)[C@@H]1CCCCN1)c1ccccc1F. The molecule has 0 saturated carbocycles. The predicted octanol–water partition coefficient (Wildman–Crippen LogP) is 2.32. The van der Waals surface area contributed by atoms with Gasteiger partial charge in [0.25, 0.3) is 0 Å². The number of anilines is 1. The molecule has 1 heterocycles. The number of benzene rings is 1. The molecule has 0 bridgehead atoms. The van der Waals surface area contributed by atoms with Gasteiger partial charge < -0.3 is 10.2 Å². The molecular weight excluding hydrogens is 231 g/mol. The van der Waals surface area contributed by atoms with Gasteiger partial charge in [0.15, 0.2) is 0 Å². The molecule has 0 aromatic heterocycles. The van der Waals surface area contributed by atoms with Crippen molar-refractivity contribution in [1.29, 1.82) is 0 Å². The van der Waals surface area contributed by atoms with Gasteiger partial charge in [-0.1, -0.05) is 18.6 Å². The number of likely N-dealkylation sites (N-methyl/N-ethyl adjacent to an activating group) is 1. The second-order valence-corrected chi connectivity index (χ2v) is 4.54. The highest BCUT2D eigenvalue weighted by Crippen LogP contribution is 2.21. The molecule has 2 rings (SSSR count). The van der Waals surface area contributed by atoms with Crippen LogP contribution in [0.4, 0.5) is 10.1 Å². The van der Waals surface area contributed by atoms with Gasteiger partial charge >= 0.3 is 0 Å². The maximum atomic E-state index is 13.7. The van der Waals surface area contributed by atoms with Gasteiger partial charge in [-0.2, -0.15) is 0 Å². The van der Waals surface area contributed by atoms with Crippen LogP contribution in [0.25, 0.3) is 0 Å². The molecule has 1 aromatic carbocycles. The van der Waals surface area contributed by atoms with Crippen LogP contribution in [-0.4, -0.2) is 25.0 Å². The molecule has 98 valence electrons. The molecule has 0 radical (unpaired) electrons. The predicted molar refractivity (Wildman–Crippen MR) is 70.1 cm³/mol. The maximum Gasteiger partial charge on any atom is 0.244 e. The minimum absolute atomic E-state index is 0.0256. The normalized spacial score (nSPS) is 19.6. The minimum Gasteiger partial charge on any atom is -0.309 e. The first kappa shape index (κ1) is 13.0. The first-order valence-corrected chi connectivity index (χ1v) is 6.53. The van der Waals surface area contributed by atoms with Gasteiger partial charge in [-0.3, -0.25) is 4.79 Å². The van der Waals surface area contributed by atoms with Gasteiger partial charge in [0.05, 0.1) is 11.7 Å². The molecule has 1 amide bonds. The molecule has 0 unspecified atom stereocenters. The summed E-state index contributed by atoms with van der Waals surface area (Å²) >= 11 is 0. The summed E-state index contributed by atoms with van der Waals surface area (Å²) in [5, 5.41) is 3.21. The van der Waals surface area contributed by atoms with Crippen molar-refractivity contribution in [3.05, 3.63) is 30.1 Å². The minimum atomic E-state index is -0.344. The molecule has 0 spiro atoms. The Labute approximate surface area is 107 Å². The first-order valence-electron chi connectivity index (χ1n) is 6.53. The van der Waals surface area contributed by atoms with E-state index in [9.17, 15) is 9.18 Å². The third kappa shape index (κ3) is 2.70. The first-order chi connectivity index (χ1) is 8.74. The summed E-state index contributed by atoms with van der Waals surface area (Å²) in [7, 11) is 0. The number of carbonyl (C=O) groups is 1. The molecule has 1 N–H and O–H groups in total. The summed E-state index contributed by atoms with van der Waals surface area (Å²) in [5.74, 6) is -0.370. The molecule has 18 heavy (non-hydrogen) atoms. The third-order valence-electron chi connectivity index (χ3n) is 3.33. The Balaban J connectivity index is 2.17. The highest BCUT2D eigenvalue weighted by atomic mass is 19.1. The lowest BCUT2D eigenvalue weighted by atomic mass is 10.0. The number of nitrogens with zero attached hydrogens (tertiary/aromatic N) is 1. The molecule has 0 aliphatic carbocycles. The summed E-state index contributed by atoms with van der Waals surface area (Å²) in [5.41, 5.74) is 0.373. The number of para-hydroxylation sites is 1. The van der Waals surface area contributed by atoms with Gasteiger partial charge in [-0.25, -0.2) is 4.39 Å². The number of hydrogen-bond acceptors (Lipinski definition) is 2. The number of amides is 1. The third-order valence-corrected chi connectivity index (χ3v) is 3.33. The van der Waals surface area contributed by atoms with Crippen LogP contribution in [0, 0.1) is 5.82 Å². The average Bonchev–Trinajstić information content (AvgIpc) is 2.42. The van der Waals surface area contributed by atoms with E-state index in [1.165, 1.54) is 11.0 Å². The van der Waals surface area contributed by atoms with E-state index in [0.29, 0.717) is 12.2 Å². The highest BCUT2D eigenvalue weighted by molar-refractivity contribution is 5.97. The fourth-order valence-electron chi connectivity index (χ4n) is 2.37. The van der Waals surface area contributed by atoms with Gasteiger partial charge in [-0.15, -0.1) is 0 Å². The van der Waals surface area contributed by atoms with E-state index in [2.05, 4.69) is 5.32 Å². The second-order valence-electron chi connectivity index (χ2n) is 4.54. The number of rotatable bonds is 3. The highest BCUT2D eigenvalue weighted by Gasteiger charge is 2.26. The molecule has 1 saturated heterocycles. The largest absolute Gasteiger partial charge is 0.309 e. The summed E-state index contributed by atoms with van der Waals surface area (Å²) in [6, 6.07) is 6.26. The van der Waals surface area contributed by atoms with Crippen LogP contribution >= 0.6 is 0 Å². The summed E-state index contributed by atoms with van der Waals surface area (Å²) in [6.45, 7) is 3.22. The Bertz CT molecular complexity index is 416. The number of piperidine rings is 1. The van der Waals surface area contributed by atoms with Gasteiger partial charge in [-0.05, 0) is 38.4 Å². The van der Waals surface area contributed by atoms with Crippen LogP contribution < -0.4 is 10.2 Å². The van der Waals surface area contributed by atoms with Crippen molar-refractivity contribution in [3.8, 4) is 0 Å². The topological polar surface area (TPSA) is 32.3 Å². The molecule has 1 atom stereocenters. The van der Waals surface area contributed by atoms with E-state index >= 15 is 0 Å². The lowest BCUT2D eigenvalue weighted by Crippen LogP contribution is -2.49. The summed E-state index contributed by atoms with van der Waals surface area (Å²) in [6.07, 6.45) is 3.00. The van der Waals surface area contributed by atoms with Crippen LogP contribution in [0.15, 0.2) is 24.3 Å². The van der Waals surface area contributed by atoms with Crippen molar-refractivity contribution in [2.45, 2.75) is 32.2 Å². The van der Waals surface area contributed by atoms with E-state index in [1.807, 2.05) is 6.92 Å². The van der Waals surface area contributed by atoms with Crippen LogP contribution in [0.1, 0.15) is 26.2 Å². The van der Waals surface area contributed by atoms with Gasteiger partial charge in [0.1, 0.15) is 5.82 Å². The van der Waals surface area contributed by atoms with Crippen molar-refractivity contribution in [3.63, 3.8) is 0 Å². The van der Waals surface area contributed by atoms with E-state index in [-0.39, 0.29) is 17.8 Å². The number of hydrogen-bond donors (Lipinski definition) is 1. The zero-order valence-corrected chi connectivity index (χ0v) is 10.7. The Morgan fingerprint density at radius 1 is 1.44 bits per heavy atom. The lowest BCUT2D eigenvalue weighted by molar-refractivity contribution is -0.121. The molecule has 1 fully saturated rings. The van der Waals surface area contributed by atoms with E-state index in [0.717, 1.165) is 25.8 Å². The zero-order chi connectivity index (χ0) is 13.0. The van der Waals surface area contributed by atoms with Crippen molar-refractivity contribution in [1.82, 2.24) is 5.32 Å². The van der Waals surface area contributed by atoms with Crippen LogP contribution in [-0.2, 0) is 4.79 Å². The average molecular weight is 250 g/mol. The van der Waals surface area contributed by atoms with E-state index < -0.39 is 0 Å². The Hall–Kier alpha value is -1.42. The fourth-order valence-corrected chi connectivity index (χ4v) is 2.37. The number of carbonyl (C=O) groups excluding carboxylic acids is 1. The molecule has 1 aliphatic heterocycles. The van der Waals surface area contributed by atoms with E-state index in [1.54, 1.807) is 18.2 Å². The fraction of sp³-hybridized carbons (Fsp3) is 0.500. The standard InChI is InChI=1S/C14H19FN2O/c1-2-17(13-9-4-3-7-11(13)15)14(18)12-8-5-6-10-16-12/h3-4,7,9,12,16H,2,5-6,8,10H2,1H3/t12-/m0/s1. The van der Waals surface area contributed by atoms with Crippen molar-refractivity contribution < 1.29 is 9.18 Å². The Kier molecular flexibility index (Phi) is 4.31. The zero-order valence-electron chi connectivity index (χ0n) is 10.7. The van der Waals surface area contributed by atoms with Gasteiger partial charge in [0, 0.05) is 6.54 Å². The summed E-state index contributed by atoms with van der Waals surface area (Å²) in [4.78, 5) is 13.9. The lowest BCUT2D eigenvalue weighted by Gasteiger charge is -2.29. The van der Waals surface area contributed by atoms with Crippen LogP contribution in [0.5, 0.6) is 0 Å². The molecule has 4 heteroatoms. The molecule has 1 aliphatic rings. The number of nitrogens with one attached hydrogen (secondary N) is 1. The molecule has 1 aromatic rings. The van der Waals surface area contributed by atoms with Crippen LogP contribution in [0.2, 0.25) is 0 Å². The van der Waals surface area contributed by atoms with E-state index in [4.69, 9.17) is 0 Å². The monoisotopic (exact) mass is 250 g/mol. The Morgan fingerprint density at radius 3 is 2.83 bits per heavy atom. The second kappa shape index (κ2) is 5.96. The van der Waals surface area contributed by atoms with Crippen LogP contribution in [0.3, 0.4) is 0 Å². The summed E-state index contributed by atoms with van der Waals surface area (Å²) < 4.78 is 13.7.